The summed E-state index contributed by atoms with van der Waals surface area (Å²) >= 11 is 0. The van der Waals surface area contributed by atoms with Gasteiger partial charge in [-0.25, -0.2) is 4.79 Å². The number of hydrogen-bond donors (Lipinski definition) is 2. The minimum atomic E-state index is -0.331. The zero-order valence-electron chi connectivity index (χ0n) is 9.10. The van der Waals surface area contributed by atoms with Crippen LogP contribution in [0.3, 0.4) is 0 Å². The summed E-state index contributed by atoms with van der Waals surface area (Å²) in [7, 11) is 0. The summed E-state index contributed by atoms with van der Waals surface area (Å²) in [6.07, 6.45) is 2.40. The molecule has 4 nitrogen and oxygen atoms in total. The molecule has 1 saturated heterocycles. The van der Waals surface area contributed by atoms with Crippen molar-refractivity contribution in [1.29, 1.82) is 0 Å². The first-order valence-corrected chi connectivity index (χ1v) is 5.33. The van der Waals surface area contributed by atoms with Gasteiger partial charge in [-0.1, -0.05) is 12.1 Å². The van der Waals surface area contributed by atoms with Crippen LogP contribution >= 0.6 is 12.4 Å². The average Bonchev–Trinajstić information content (AvgIpc) is 2.75. The van der Waals surface area contributed by atoms with E-state index >= 15 is 0 Å². The van der Waals surface area contributed by atoms with E-state index in [4.69, 9.17) is 4.74 Å². The molecule has 1 atom stereocenters. The molecule has 17 heavy (non-hydrogen) atoms. The zero-order chi connectivity index (χ0) is 11.0. The third kappa shape index (κ3) is 2.22. The Hall–Kier alpha value is -1.68. The first-order valence-electron chi connectivity index (χ1n) is 5.33. The van der Waals surface area contributed by atoms with E-state index in [2.05, 4.69) is 22.4 Å². The van der Waals surface area contributed by atoms with E-state index in [1.165, 1.54) is 5.39 Å². The highest BCUT2D eigenvalue weighted by atomic mass is 35.5. The van der Waals surface area contributed by atoms with Crippen LogP contribution in [0, 0.1) is 0 Å². The maximum atomic E-state index is 11.1. The Balaban J connectivity index is 0.00000108. The smallest absolute Gasteiger partial charge is 0.407 e. The van der Waals surface area contributed by atoms with Crippen molar-refractivity contribution in [3.05, 3.63) is 36.0 Å². The molecule has 2 aromatic rings. The van der Waals surface area contributed by atoms with Crippen LogP contribution in [0.15, 0.2) is 30.5 Å². The number of aromatic amines is 1. The number of hydrogen-bond acceptors (Lipinski definition) is 2. The number of aromatic nitrogens is 1. The zero-order valence-corrected chi connectivity index (χ0v) is 9.92. The number of benzene rings is 1. The highest BCUT2D eigenvalue weighted by Crippen LogP contribution is 2.23. The van der Waals surface area contributed by atoms with E-state index < -0.39 is 0 Å². The molecule has 0 aliphatic carbocycles. The molecule has 1 aliphatic heterocycles. The number of fused-ring (bicyclic) bond motifs is 1. The van der Waals surface area contributed by atoms with Crippen molar-refractivity contribution >= 4 is 29.4 Å². The molecular formula is C12H13ClN2O2. The van der Waals surface area contributed by atoms with Crippen LogP contribution in [0.25, 0.3) is 10.9 Å². The maximum absolute atomic E-state index is 11.1. The lowest BCUT2D eigenvalue weighted by atomic mass is 10.0. The van der Waals surface area contributed by atoms with Crippen LogP contribution in [0.4, 0.5) is 4.79 Å². The van der Waals surface area contributed by atoms with Gasteiger partial charge in [0.2, 0.25) is 0 Å². The topological polar surface area (TPSA) is 54.1 Å². The second kappa shape index (κ2) is 4.67. The number of nitrogens with one attached hydrogen (secondary N) is 2. The fourth-order valence-electron chi connectivity index (χ4n) is 2.06. The minimum absolute atomic E-state index is 0. The molecule has 2 N–H and O–H groups in total. The Labute approximate surface area is 105 Å². The normalized spacial score (nSPS) is 19.3. The molecule has 1 aliphatic rings. The Kier molecular flexibility index (Phi) is 3.24. The highest BCUT2D eigenvalue weighted by Gasteiger charge is 2.20. The van der Waals surface area contributed by atoms with Crippen LogP contribution < -0.4 is 5.32 Å². The van der Waals surface area contributed by atoms with E-state index in [0.29, 0.717) is 6.61 Å². The van der Waals surface area contributed by atoms with Crippen molar-refractivity contribution in [3.63, 3.8) is 0 Å². The van der Waals surface area contributed by atoms with Crippen molar-refractivity contribution < 1.29 is 9.53 Å². The SMILES string of the molecule is Cl.O=C1N[C@@H](c2ccc3cc[nH]c3c2)CCO1. The highest BCUT2D eigenvalue weighted by molar-refractivity contribution is 5.85. The first kappa shape index (κ1) is 11.8. The van der Waals surface area contributed by atoms with Crippen LogP contribution in [0.1, 0.15) is 18.0 Å². The van der Waals surface area contributed by atoms with Gasteiger partial charge in [0.15, 0.2) is 0 Å². The Bertz CT molecular complexity index is 538. The van der Waals surface area contributed by atoms with Gasteiger partial charge in [0.1, 0.15) is 0 Å². The van der Waals surface area contributed by atoms with Crippen molar-refractivity contribution in [1.82, 2.24) is 10.3 Å². The van der Waals surface area contributed by atoms with Crippen molar-refractivity contribution in [2.75, 3.05) is 6.61 Å². The predicted molar refractivity (Wildman–Crippen MR) is 67.4 cm³/mol. The molecule has 5 heteroatoms. The van der Waals surface area contributed by atoms with Gasteiger partial charge in [0.25, 0.3) is 0 Å². The summed E-state index contributed by atoms with van der Waals surface area (Å²) in [5.74, 6) is 0. The van der Waals surface area contributed by atoms with Gasteiger partial charge in [-0.2, -0.15) is 0 Å². The maximum Gasteiger partial charge on any atom is 0.407 e. The predicted octanol–water partition coefficient (Wildman–Crippen LogP) is 2.76. The molecule has 0 bridgehead atoms. The Morgan fingerprint density at radius 2 is 2.18 bits per heavy atom. The van der Waals surface area contributed by atoms with E-state index in [1.54, 1.807) is 0 Å². The van der Waals surface area contributed by atoms with Gasteiger partial charge in [-0.3, -0.25) is 0 Å². The third-order valence-corrected chi connectivity index (χ3v) is 2.91. The molecular weight excluding hydrogens is 240 g/mol. The molecule has 0 spiro atoms. The van der Waals surface area contributed by atoms with Gasteiger partial charge in [0, 0.05) is 18.1 Å². The number of rotatable bonds is 1. The number of cyclic esters (lactones) is 1. The lowest BCUT2D eigenvalue weighted by molar-refractivity contribution is 0.115. The Morgan fingerprint density at radius 1 is 1.29 bits per heavy atom. The second-order valence-electron chi connectivity index (χ2n) is 3.95. The molecule has 0 saturated carbocycles. The van der Waals surface area contributed by atoms with E-state index in [1.807, 2.05) is 18.3 Å². The lowest BCUT2D eigenvalue weighted by Crippen LogP contribution is -2.35. The largest absolute Gasteiger partial charge is 0.449 e. The fourth-order valence-corrected chi connectivity index (χ4v) is 2.06. The molecule has 1 fully saturated rings. The molecule has 1 aromatic heterocycles. The molecule has 90 valence electrons. The number of alkyl carbamates (subject to hydrolysis) is 1. The van der Waals surface area contributed by atoms with Crippen LogP contribution in [0.2, 0.25) is 0 Å². The average molecular weight is 253 g/mol. The van der Waals surface area contributed by atoms with E-state index in [0.717, 1.165) is 17.5 Å². The van der Waals surface area contributed by atoms with Gasteiger partial charge >= 0.3 is 6.09 Å². The van der Waals surface area contributed by atoms with Crippen LogP contribution in [0.5, 0.6) is 0 Å². The van der Waals surface area contributed by atoms with Crippen LogP contribution in [-0.4, -0.2) is 17.7 Å². The van der Waals surface area contributed by atoms with Crippen LogP contribution in [-0.2, 0) is 4.74 Å². The number of carbonyl (C=O) groups excluding carboxylic acids is 1. The molecule has 2 heterocycles. The molecule has 0 unspecified atom stereocenters. The summed E-state index contributed by atoms with van der Waals surface area (Å²) in [6.45, 7) is 0.485. The summed E-state index contributed by atoms with van der Waals surface area (Å²) in [4.78, 5) is 14.3. The van der Waals surface area contributed by atoms with Gasteiger partial charge in [-0.15, -0.1) is 12.4 Å². The van der Waals surface area contributed by atoms with Gasteiger partial charge in [-0.05, 0) is 23.1 Å². The van der Waals surface area contributed by atoms with Gasteiger partial charge in [0.05, 0.1) is 12.6 Å². The molecule has 0 radical (unpaired) electrons. The quantitative estimate of drug-likeness (QED) is 0.820. The summed E-state index contributed by atoms with van der Waals surface area (Å²) in [5, 5.41) is 4.00. The second-order valence-corrected chi connectivity index (χ2v) is 3.95. The van der Waals surface area contributed by atoms with Gasteiger partial charge < -0.3 is 15.0 Å². The lowest BCUT2D eigenvalue weighted by Gasteiger charge is -2.23. The Morgan fingerprint density at radius 3 is 3.00 bits per heavy atom. The monoisotopic (exact) mass is 252 g/mol. The number of halogens is 1. The molecule has 1 amide bonds. The van der Waals surface area contributed by atoms with E-state index in [-0.39, 0.29) is 24.5 Å². The van der Waals surface area contributed by atoms with Crippen molar-refractivity contribution in [2.24, 2.45) is 0 Å². The van der Waals surface area contributed by atoms with Crippen molar-refractivity contribution in [3.8, 4) is 0 Å². The summed E-state index contributed by atoms with van der Waals surface area (Å²) < 4.78 is 4.84. The number of H-pyrrole nitrogens is 1. The standard InChI is InChI=1S/C12H12N2O2.ClH/c15-12-14-10(4-6-16-12)9-2-1-8-3-5-13-11(8)7-9;/h1-3,5,7,10,13H,4,6H2,(H,14,15);1H/t10-;/m1./s1. The molecule has 1 aromatic carbocycles. The fraction of sp³-hybridized carbons (Fsp3) is 0.250. The summed E-state index contributed by atoms with van der Waals surface area (Å²) in [6, 6.07) is 8.27. The molecule has 3 rings (SSSR count). The third-order valence-electron chi connectivity index (χ3n) is 2.91. The first-order chi connectivity index (χ1) is 7.83. The number of ether oxygens (including phenoxy) is 1. The number of amides is 1. The van der Waals surface area contributed by atoms with E-state index in [9.17, 15) is 4.79 Å². The minimum Gasteiger partial charge on any atom is -0.449 e. The summed E-state index contributed by atoms with van der Waals surface area (Å²) in [5.41, 5.74) is 2.21. The number of carbonyl (C=O) groups is 1. The van der Waals surface area contributed by atoms with Crippen molar-refractivity contribution in [2.45, 2.75) is 12.5 Å².